The van der Waals surface area contributed by atoms with Gasteiger partial charge in [0.1, 0.15) is 5.75 Å². The molecular formula is C34H38BNO. The average Bonchev–Trinajstić information content (AvgIpc) is 2.81. The van der Waals surface area contributed by atoms with E-state index in [0.717, 1.165) is 17.0 Å². The van der Waals surface area contributed by atoms with Gasteiger partial charge in [0.25, 0.3) is 0 Å². The summed E-state index contributed by atoms with van der Waals surface area (Å²) in [6.45, 7) is 18.1. The number of aryl methyl sites for hydroxylation is 8. The molecule has 0 aliphatic rings. The summed E-state index contributed by atoms with van der Waals surface area (Å²) in [5.74, 6) is 0.850. The predicted octanol–water partition coefficient (Wildman–Crippen LogP) is 6.43. The molecule has 0 heterocycles. The van der Waals surface area contributed by atoms with Crippen LogP contribution in [0.15, 0.2) is 65.7 Å². The number of nitrogens with zero attached hydrogens (tertiary/aromatic N) is 1. The fraction of sp³-hybridized carbons (Fsp3) is 0.265. The molecule has 37 heavy (non-hydrogen) atoms. The molecule has 0 amide bonds. The van der Waals surface area contributed by atoms with E-state index in [0.29, 0.717) is 0 Å². The zero-order valence-corrected chi connectivity index (χ0v) is 23.8. The summed E-state index contributed by atoms with van der Waals surface area (Å²) in [5.41, 5.74) is 16.8. The van der Waals surface area contributed by atoms with E-state index in [4.69, 9.17) is 9.73 Å². The number of ether oxygens (including phenoxy) is 1. The molecule has 3 heteroatoms. The van der Waals surface area contributed by atoms with Crippen molar-refractivity contribution >= 4 is 35.0 Å². The van der Waals surface area contributed by atoms with Crippen molar-refractivity contribution in [1.82, 2.24) is 0 Å². The third-order valence-electron chi connectivity index (χ3n) is 7.40. The van der Waals surface area contributed by atoms with E-state index in [1.807, 2.05) is 30.5 Å². The molecule has 0 aromatic heterocycles. The van der Waals surface area contributed by atoms with Gasteiger partial charge >= 0.3 is 0 Å². The lowest BCUT2D eigenvalue weighted by atomic mass is 9.33. The molecule has 0 aliphatic heterocycles. The van der Waals surface area contributed by atoms with Crippen LogP contribution in [0.1, 0.15) is 50.1 Å². The van der Waals surface area contributed by atoms with Crippen molar-refractivity contribution < 1.29 is 4.74 Å². The van der Waals surface area contributed by atoms with Gasteiger partial charge in [-0.2, -0.15) is 0 Å². The lowest BCUT2D eigenvalue weighted by Gasteiger charge is -2.27. The molecule has 0 N–H and O–H groups in total. The Morgan fingerprint density at radius 1 is 0.568 bits per heavy atom. The molecule has 0 spiro atoms. The first-order valence-corrected chi connectivity index (χ1v) is 13.0. The first-order chi connectivity index (χ1) is 17.6. The lowest BCUT2D eigenvalue weighted by Crippen LogP contribution is -2.57. The van der Waals surface area contributed by atoms with E-state index < -0.39 is 0 Å². The molecule has 4 aromatic rings. The van der Waals surface area contributed by atoms with Gasteiger partial charge in [0.2, 0.25) is 6.71 Å². The van der Waals surface area contributed by atoms with Crippen molar-refractivity contribution in [3.8, 4) is 5.75 Å². The molecule has 4 rings (SSSR count). The molecular weight excluding hydrogens is 449 g/mol. The fourth-order valence-corrected chi connectivity index (χ4v) is 6.05. The van der Waals surface area contributed by atoms with Crippen LogP contribution in [-0.4, -0.2) is 20.0 Å². The minimum atomic E-state index is 0.167. The smallest absolute Gasteiger partial charge is 0.243 e. The highest BCUT2D eigenvalue weighted by atomic mass is 16.5. The van der Waals surface area contributed by atoms with Crippen LogP contribution in [0.4, 0.5) is 5.69 Å². The molecule has 4 aromatic carbocycles. The standard InChI is InChI=1S/C34H38BNO/c1-21-14-23(3)32(24(4)15-21)35(33-25(5)16-22(2)17-26(33)6)34-27(7)18-30(19-28(34)8)36-20-29-10-12-31(37-9)13-11-29/h10-20H,1-9H3. The molecule has 0 aliphatic carbocycles. The number of aliphatic imine (C=N–C) groups is 1. The van der Waals surface area contributed by atoms with Crippen LogP contribution in [0.5, 0.6) is 5.75 Å². The largest absolute Gasteiger partial charge is 0.497 e. The van der Waals surface area contributed by atoms with Crippen molar-refractivity contribution in [2.24, 2.45) is 4.99 Å². The van der Waals surface area contributed by atoms with Crippen LogP contribution in [0, 0.1) is 55.4 Å². The van der Waals surface area contributed by atoms with Crippen LogP contribution in [0.25, 0.3) is 0 Å². The summed E-state index contributed by atoms with van der Waals surface area (Å²) in [7, 11) is 1.68. The van der Waals surface area contributed by atoms with Crippen LogP contribution < -0.4 is 21.1 Å². The van der Waals surface area contributed by atoms with Gasteiger partial charge in [-0.3, -0.25) is 4.99 Å². The Kier molecular flexibility index (Phi) is 7.73. The topological polar surface area (TPSA) is 21.6 Å². The third-order valence-corrected chi connectivity index (χ3v) is 7.40. The van der Waals surface area contributed by atoms with Crippen LogP contribution >= 0.6 is 0 Å². The van der Waals surface area contributed by atoms with E-state index in [2.05, 4.69) is 91.8 Å². The second-order valence-electron chi connectivity index (χ2n) is 10.6. The van der Waals surface area contributed by atoms with Crippen LogP contribution in [-0.2, 0) is 0 Å². The summed E-state index contributed by atoms with van der Waals surface area (Å²) < 4.78 is 5.27. The third kappa shape index (κ3) is 5.56. The zero-order chi connectivity index (χ0) is 26.9. The average molecular weight is 487 g/mol. The minimum Gasteiger partial charge on any atom is -0.497 e. The Bertz CT molecular complexity index is 1350. The number of hydrogen-bond acceptors (Lipinski definition) is 2. The van der Waals surface area contributed by atoms with Gasteiger partial charge in [0.05, 0.1) is 12.8 Å². The van der Waals surface area contributed by atoms with Gasteiger partial charge in [0.15, 0.2) is 0 Å². The summed E-state index contributed by atoms with van der Waals surface area (Å²) in [5, 5.41) is 0. The molecule has 0 saturated carbocycles. The lowest BCUT2D eigenvalue weighted by molar-refractivity contribution is 0.415. The Balaban J connectivity index is 1.88. The highest BCUT2D eigenvalue weighted by molar-refractivity contribution is 6.97. The number of benzene rings is 4. The first-order valence-electron chi connectivity index (χ1n) is 13.0. The summed E-state index contributed by atoms with van der Waals surface area (Å²) >= 11 is 0. The normalized spacial score (nSPS) is 11.3. The van der Waals surface area contributed by atoms with Crippen LogP contribution in [0.3, 0.4) is 0 Å². The van der Waals surface area contributed by atoms with E-state index in [1.54, 1.807) is 7.11 Å². The molecule has 2 nitrogen and oxygen atoms in total. The Morgan fingerprint density at radius 2 is 0.946 bits per heavy atom. The highest BCUT2D eigenvalue weighted by Crippen LogP contribution is 2.20. The molecule has 0 radical (unpaired) electrons. The van der Waals surface area contributed by atoms with E-state index in [1.165, 1.54) is 60.9 Å². The van der Waals surface area contributed by atoms with Crippen molar-refractivity contribution in [1.29, 1.82) is 0 Å². The molecule has 188 valence electrons. The molecule has 0 fully saturated rings. The quantitative estimate of drug-likeness (QED) is 0.227. The molecule has 0 saturated heterocycles. The molecule has 0 unspecified atom stereocenters. The second-order valence-corrected chi connectivity index (χ2v) is 10.6. The first kappa shape index (κ1) is 26.5. The molecule has 0 atom stereocenters. The Morgan fingerprint density at radius 3 is 1.32 bits per heavy atom. The van der Waals surface area contributed by atoms with Crippen molar-refractivity contribution in [3.63, 3.8) is 0 Å². The van der Waals surface area contributed by atoms with E-state index in [-0.39, 0.29) is 6.71 Å². The maximum atomic E-state index is 5.27. The number of methoxy groups -OCH3 is 1. The minimum absolute atomic E-state index is 0.167. The van der Waals surface area contributed by atoms with Crippen molar-refractivity contribution in [3.05, 3.63) is 111 Å². The second kappa shape index (κ2) is 10.8. The van der Waals surface area contributed by atoms with E-state index >= 15 is 0 Å². The monoisotopic (exact) mass is 487 g/mol. The molecule has 0 bridgehead atoms. The van der Waals surface area contributed by atoms with Gasteiger partial charge in [0, 0.05) is 6.21 Å². The maximum Gasteiger partial charge on any atom is 0.243 e. The summed E-state index contributed by atoms with van der Waals surface area (Å²) in [4.78, 5) is 4.83. The summed E-state index contributed by atoms with van der Waals surface area (Å²) in [6, 6.07) is 21.7. The van der Waals surface area contributed by atoms with Gasteiger partial charge < -0.3 is 4.74 Å². The number of rotatable bonds is 6. The Hall–Kier alpha value is -3.59. The van der Waals surface area contributed by atoms with Gasteiger partial charge in [-0.1, -0.05) is 85.2 Å². The van der Waals surface area contributed by atoms with Gasteiger partial charge in [-0.05, 0) is 97.4 Å². The van der Waals surface area contributed by atoms with E-state index in [9.17, 15) is 0 Å². The van der Waals surface area contributed by atoms with Gasteiger partial charge in [-0.15, -0.1) is 0 Å². The predicted molar refractivity (Wildman–Crippen MR) is 162 cm³/mol. The SMILES string of the molecule is COc1ccc(C=Nc2cc(C)c(B(c3c(C)cc(C)cc3C)c3c(C)cc(C)cc3C)c(C)c2)cc1. The fourth-order valence-electron chi connectivity index (χ4n) is 6.05. The highest BCUT2D eigenvalue weighted by Gasteiger charge is 2.30. The van der Waals surface area contributed by atoms with Crippen molar-refractivity contribution in [2.75, 3.05) is 7.11 Å². The summed E-state index contributed by atoms with van der Waals surface area (Å²) in [6.07, 6.45) is 1.92. The maximum absolute atomic E-state index is 5.27. The van der Waals surface area contributed by atoms with Gasteiger partial charge in [-0.25, -0.2) is 0 Å². The zero-order valence-electron chi connectivity index (χ0n) is 23.8. The van der Waals surface area contributed by atoms with Crippen molar-refractivity contribution in [2.45, 2.75) is 55.4 Å². The van der Waals surface area contributed by atoms with Crippen LogP contribution in [0.2, 0.25) is 0 Å². The number of hydrogen-bond donors (Lipinski definition) is 0. The Labute approximate surface area is 223 Å².